The summed E-state index contributed by atoms with van der Waals surface area (Å²) < 4.78 is 27.3. The molecule has 1 aromatic carbocycles. The molecule has 0 radical (unpaired) electrons. The zero-order valence-corrected chi connectivity index (χ0v) is 16.5. The zero-order valence-electron chi connectivity index (χ0n) is 15.0. The average Bonchev–Trinajstić information content (AvgIpc) is 3.00. The molecular formula is C18H24Cl2FN3O2. The summed E-state index contributed by atoms with van der Waals surface area (Å²) in [7, 11) is 3.84. The summed E-state index contributed by atoms with van der Waals surface area (Å²) in [5.74, 6) is 1.05. The van der Waals surface area contributed by atoms with Crippen molar-refractivity contribution in [1.29, 1.82) is 0 Å². The highest BCUT2D eigenvalue weighted by molar-refractivity contribution is 6.30. The molecule has 1 aromatic heterocycles. The SMILES string of the molecule is CN(C)c1cc(OCc2cc(Cl)ccc2F)n(CC2CCCCO2)n1.Cl. The van der Waals surface area contributed by atoms with Crippen molar-refractivity contribution in [2.45, 2.75) is 38.5 Å². The van der Waals surface area contributed by atoms with Gasteiger partial charge in [0.25, 0.3) is 0 Å². The van der Waals surface area contributed by atoms with Crippen LogP contribution in [0.2, 0.25) is 5.02 Å². The van der Waals surface area contributed by atoms with Crippen LogP contribution in [0.25, 0.3) is 0 Å². The first-order chi connectivity index (χ1) is 12.0. The van der Waals surface area contributed by atoms with Gasteiger partial charge in [0.05, 0.1) is 12.6 Å². The van der Waals surface area contributed by atoms with Crippen molar-refractivity contribution in [2.24, 2.45) is 0 Å². The molecule has 8 heteroatoms. The highest BCUT2D eigenvalue weighted by Gasteiger charge is 2.19. The summed E-state index contributed by atoms with van der Waals surface area (Å²) in [5, 5.41) is 5.06. The Kier molecular flexibility index (Phi) is 7.55. The minimum atomic E-state index is -0.334. The molecule has 1 fully saturated rings. The molecule has 1 aliphatic rings. The normalized spacial score (nSPS) is 16.8. The van der Waals surface area contributed by atoms with Crippen molar-refractivity contribution in [3.8, 4) is 5.88 Å². The van der Waals surface area contributed by atoms with Crippen molar-refractivity contribution in [3.63, 3.8) is 0 Å². The van der Waals surface area contributed by atoms with Crippen LogP contribution in [-0.4, -0.2) is 36.6 Å². The van der Waals surface area contributed by atoms with Crippen LogP contribution in [0.3, 0.4) is 0 Å². The van der Waals surface area contributed by atoms with E-state index in [0.29, 0.717) is 23.0 Å². The fourth-order valence-electron chi connectivity index (χ4n) is 2.80. The van der Waals surface area contributed by atoms with Crippen molar-refractivity contribution < 1.29 is 13.9 Å². The Balaban J connectivity index is 0.00000243. The lowest BCUT2D eigenvalue weighted by molar-refractivity contribution is 0.00237. The molecule has 0 aliphatic carbocycles. The molecule has 2 heterocycles. The van der Waals surface area contributed by atoms with Crippen LogP contribution in [-0.2, 0) is 17.9 Å². The van der Waals surface area contributed by atoms with Gasteiger partial charge in [-0.25, -0.2) is 9.07 Å². The highest BCUT2D eigenvalue weighted by atomic mass is 35.5. The van der Waals surface area contributed by atoms with Crippen molar-refractivity contribution in [1.82, 2.24) is 9.78 Å². The number of hydrogen-bond donors (Lipinski definition) is 0. The average molecular weight is 404 g/mol. The lowest BCUT2D eigenvalue weighted by atomic mass is 10.1. The second kappa shape index (κ2) is 9.44. The summed E-state index contributed by atoms with van der Waals surface area (Å²) in [5.41, 5.74) is 0.417. The van der Waals surface area contributed by atoms with Gasteiger partial charge in [0.1, 0.15) is 12.4 Å². The summed E-state index contributed by atoms with van der Waals surface area (Å²) in [6, 6.07) is 6.30. The molecule has 0 spiro atoms. The number of aromatic nitrogens is 2. The number of nitrogens with zero attached hydrogens (tertiary/aromatic N) is 3. The smallest absolute Gasteiger partial charge is 0.214 e. The molecular weight excluding hydrogens is 380 g/mol. The molecule has 26 heavy (non-hydrogen) atoms. The lowest BCUT2D eigenvalue weighted by Crippen LogP contribution is -2.25. The summed E-state index contributed by atoms with van der Waals surface area (Å²) in [6.07, 6.45) is 3.42. The third-order valence-electron chi connectivity index (χ3n) is 4.22. The number of rotatable bonds is 6. The van der Waals surface area contributed by atoms with E-state index in [0.717, 1.165) is 31.7 Å². The highest BCUT2D eigenvalue weighted by Crippen LogP contribution is 2.24. The maximum Gasteiger partial charge on any atom is 0.214 e. The van der Waals surface area contributed by atoms with Crippen LogP contribution in [0.1, 0.15) is 24.8 Å². The van der Waals surface area contributed by atoms with Crippen molar-refractivity contribution in [3.05, 3.63) is 40.7 Å². The molecule has 5 nitrogen and oxygen atoms in total. The van der Waals surface area contributed by atoms with Crippen LogP contribution in [0.5, 0.6) is 5.88 Å². The van der Waals surface area contributed by atoms with E-state index < -0.39 is 0 Å². The quantitative estimate of drug-likeness (QED) is 0.720. The fraction of sp³-hybridized carbons (Fsp3) is 0.500. The van der Waals surface area contributed by atoms with Crippen LogP contribution in [0.15, 0.2) is 24.3 Å². The molecule has 3 rings (SSSR count). The molecule has 1 aliphatic heterocycles. The first-order valence-electron chi connectivity index (χ1n) is 8.46. The number of halogens is 3. The number of ether oxygens (including phenoxy) is 2. The summed E-state index contributed by atoms with van der Waals surface area (Å²) in [6.45, 7) is 1.51. The van der Waals surface area contributed by atoms with E-state index in [1.165, 1.54) is 12.1 Å². The molecule has 1 atom stereocenters. The zero-order chi connectivity index (χ0) is 17.8. The molecule has 0 saturated carbocycles. The summed E-state index contributed by atoms with van der Waals surface area (Å²) in [4.78, 5) is 1.91. The Hall–Kier alpha value is -1.50. The van der Waals surface area contributed by atoms with Gasteiger partial charge in [0.15, 0.2) is 5.82 Å². The van der Waals surface area contributed by atoms with E-state index in [1.807, 2.05) is 25.1 Å². The van der Waals surface area contributed by atoms with Crippen molar-refractivity contribution in [2.75, 3.05) is 25.6 Å². The van der Waals surface area contributed by atoms with Crippen LogP contribution < -0.4 is 9.64 Å². The van der Waals surface area contributed by atoms with Gasteiger partial charge in [-0.3, -0.25) is 0 Å². The third kappa shape index (κ3) is 5.25. The third-order valence-corrected chi connectivity index (χ3v) is 4.46. The fourth-order valence-corrected chi connectivity index (χ4v) is 3.00. The molecule has 1 unspecified atom stereocenters. The standard InChI is InChI=1S/C18H23ClFN3O2.ClH/c1-22(2)17-10-18(23(21-17)11-15-5-3-4-8-24-15)25-12-13-9-14(19)6-7-16(13)20;/h6-7,9-10,15H,3-5,8,11-12H2,1-2H3;1H. The molecule has 144 valence electrons. The van der Waals surface area contributed by atoms with Gasteiger partial charge < -0.3 is 14.4 Å². The largest absolute Gasteiger partial charge is 0.473 e. The van der Waals surface area contributed by atoms with Gasteiger partial charge in [-0.1, -0.05) is 11.6 Å². The number of benzene rings is 1. The molecule has 0 bridgehead atoms. The molecule has 0 N–H and O–H groups in total. The maximum absolute atomic E-state index is 13.9. The van der Waals surface area contributed by atoms with Crippen LogP contribution in [0.4, 0.5) is 10.2 Å². The Bertz CT molecular complexity index is 718. The van der Waals surface area contributed by atoms with Crippen molar-refractivity contribution >= 4 is 29.8 Å². The second-order valence-electron chi connectivity index (χ2n) is 6.43. The minimum absolute atomic E-state index is 0. The Morgan fingerprint density at radius 1 is 1.35 bits per heavy atom. The van der Waals surface area contributed by atoms with E-state index in [-0.39, 0.29) is 30.9 Å². The van der Waals surface area contributed by atoms with Gasteiger partial charge in [-0.2, -0.15) is 5.10 Å². The van der Waals surface area contributed by atoms with E-state index in [2.05, 4.69) is 5.10 Å². The topological polar surface area (TPSA) is 39.5 Å². The minimum Gasteiger partial charge on any atom is -0.473 e. The maximum atomic E-state index is 13.9. The monoisotopic (exact) mass is 403 g/mol. The first kappa shape index (κ1) is 20.8. The van der Waals surface area contributed by atoms with Gasteiger partial charge in [-0.05, 0) is 37.5 Å². The Morgan fingerprint density at radius 3 is 2.85 bits per heavy atom. The predicted molar refractivity (Wildman–Crippen MR) is 103 cm³/mol. The Morgan fingerprint density at radius 2 is 2.15 bits per heavy atom. The predicted octanol–water partition coefficient (Wildman–Crippen LogP) is 4.31. The first-order valence-corrected chi connectivity index (χ1v) is 8.84. The van der Waals surface area contributed by atoms with E-state index >= 15 is 0 Å². The van der Waals surface area contributed by atoms with E-state index in [9.17, 15) is 4.39 Å². The van der Waals surface area contributed by atoms with Gasteiger partial charge in [0.2, 0.25) is 5.88 Å². The summed E-state index contributed by atoms with van der Waals surface area (Å²) >= 11 is 5.94. The van der Waals surface area contributed by atoms with Gasteiger partial charge >= 0.3 is 0 Å². The van der Waals surface area contributed by atoms with Gasteiger partial charge in [0, 0.05) is 37.4 Å². The second-order valence-corrected chi connectivity index (χ2v) is 6.87. The molecule has 0 amide bonds. The lowest BCUT2D eigenvalue weighted by Gasteiger charge is -2.23. The molecule has 2 aromatic rings. The van der Waals surface area contributed by atoms with Crippen LogP contribution in [0, 0.1) is 5.82 Å². The van der Waals surface area contributed by atoms with E-state index in [4.69, 9.17) is 21.1 Å². The number of hydrogen-bond acceptors (Lipinski definition) is 4. The van der Waals surface area contributed by atoms with Crippen LogP contribution >= 0.6 is 24.0 Å². The van der Waals surface area contributed by atoms with E-state index in [1.54, 1.807) is 10.7 Å². The van der Waals surface area contributed by atoms with Gasteiger partial charge in [-0.15, -0.1) is 12.4 Å². The Labute approximate surface area is 164 Å². The molecule has 1 saturated heterocycles. The number of anilines is 1.